The number of nitrogens with one attached hydrogen (secondary N) is 1. The number of nitrogen functional groups attached to an aromatic ring is 1. The number of anilines is 1. The second-order valence-corrected chi connectivity index (χ2v) is 3.80. The van der Waals surface area contributed by atoms with Crippen molar-refractivity contribution in [2.75, 3.05) is 5.73 Å². The van der Waals surface area contributed by atoms with Crippen LogP contribution < -0.4 is 5.73 Å². The van der Waals surface area contributed by atoms with Gasteiger partial charge in [0.2, 0.25) is 0 Å². The molecule has 0 aliphatic carbocycles. The van der Waals surface area contributed by atoms with Gasteiger partial charge in [-0.1, -0.05) is 11.6 Å². The van der Waals surface area contributed by atoms with Crippen LogP contribution in [-0.2, 0) is 0 Å². The van der Waals surface area contributed by atoms with Crippen LogP contribution in [0.5, 0.6) is 0 Å². The van der Waals surface area contributed by atoms with Crippen LogP contribution in [0, 0.1) is 0 Å². The van der Waals surface area contributed by atoms with E-state index >= 15 is 0 Å². The molecule has 3 N–H and O–H groups in total. The smallest absolute Gasteiger partial charge is 0.196 e. The second-order valence-electron chi connectivity index (χ2n) is 3.40. The molecule has 0 aliphatic heterocycles. The summed E-state index contributed by atoms with van der Waals surface area (Å²) in [5.41, 5.74) is 7.75. The molecule has 0 fully saturated rings. The molecular weight excluding hydrogens is 228 g/mol. The maximum atomic E-state index is 6.14. The number of halogens is 1. The fourth-order valence-electron chi connectivity index (χ4n) is 1.64. The number of benzene rings is 1. The fourth-order valence-corrected chi connectivity index (χ4v) is 1.90. The van der Waals surface area contributed by atoms with Gasteiger partial charge in [0, 0.05) is 22.7 Å². The summed E-state index contributed by atoms with van der Waals surface area (Å²) in [5.74, 6) is 0.229. The maximum Gasteiger partial charge on any atom is 0.196 e. The van der Waals surface area contributed by atoms with Crippen molar-refractivity contribution < 1.29 is 4.63 Å². The summed E-state index contributed by atoms with van der Waals surface area (Å²) in [5, 5.41) is 8.85. The molecule has 0 aliphatic rings. The highest BCUT2D eigenvalue weighted by Gasteiger charge is 2.13. The van der Waals surface area contributed by atoms with Gasteiger partial charge in [-0.2, -0.15) is 0 Å². The molecule has 0 unspecified atom stereocenters. The van der Waals surface area contributed by atoms with Crippen LogP contribution in [-0.4, -0.2) is 15.3 Å². The molecule has 0 amide bonds. The van der Waals surface area contributed by atoms with Crippen LogP contribution in [0.15, 0.2) is 29.0 Å². The van der Waals surface area contributed by atoms with Crippen LogP contribution >= 0.6 is 11.6 Å². The first-order valence-corrected chi connectivity index (χ1v) is 4.98. The van der Waals surface area contributed by atoms with Crippen molar-refractivity contribution >= 4 is 28.3 Å². The Hall–Kier alpha value is -2.01. The van der Waals surface area contributed by atoms with Gasteiger partial charge in [-0.3, -0.25) is 0 Å². The van der Waals surface area contributed by atoms with E-state index in [0.29, 0.717) is 16.3 Å². The summed E-state index contributed by atoms with van der Waals surface area (Å²) < 4.78 is 4.55. The molecule has 0 radical (unpaired) electrons. The van der Waals surface area contributed by atoms with Crippen molar-refractivity contribution in [1.82, 2.24) is 15.3 Å². The highest BCUT2D eigenvalue weighted by atomic mass is 35.5. The Morgan fingerprint density at radius 3 is 2.94 bits per heavy atom. The topological polar surface area (TPSA) is 80.7 Å². The average Bonchev–Trinajstić information content (AvgIpc) is 2.85. The van der Waals surface area contributed by atoms with Gasteiger partial charge in [0.05, 0.1) is 5.02 Å². The number of rotatable bonds is 1. The van der Waals surface area contributed by atoms with E-state index in [0.717, 1.165) is 10.9 Å². The van der Waals surface area contributed by atoms with Gasteiger partial charge >= 0.3 is 0 Å². The van der Waals surface area contributed by atoms with Gasteiger partial charge < -0.3 is 10.7 Å². The van der Waals surface area contributed by atoms with Crippen LogP contribution in [0.3, 0.4) is 0 Å². The largest absolute Gasteiger partial charge is 0.379 e. The number of nitrogens with zero attached hydrogens (tertiary/aromatic N) is 2. The van der Waals surface area contributed by atoms with E-state index in [2.05, 4.69) is 19.9 Å². The summed E-state index contributed by atoms with van der Waals surface area (Å²) in [6.45, 7) is 0. The second kappa shape index (κ2) is 3.24. The number of H-pyrrole nitrogens is 1. The molecular formula is C10H7ClN4O. The molecule has 0 saturated carbocycles. The molecule has 1 aromatic carbocycles. The minimum absolute atomic E-state index is 0.229. The predicted molar refractivity (Wildman–Crippen MR) is 61.0 cm³/mol. The molecule has 0 atom stereocenters. The normalized spacial score (nSPS) is 11.1. The minimum Gasteiger partial charge on any atom is -0.379 e. The van der Waals surface area contributed by atoms with Gasteiger partial charge in [-0.15, -0.1) is 0 Å². The lowest BCUT2D eigenvalue weighted by Gasteiger charge is -2.00. The fraction of sp³-hybridized carbons (Fsp3) is 0. The van der Waals surface area contributed by atoms with Crippen molar-refractivity contribution in [1.29, 1.82) is 0 Å². The minimum atomic E-state index is 0.229. The first-order chi connectivity index (χ1) is 7.75. The van der Waals surface area contributed by atoms with Gasteiger partial charge in [-0.25, -0.2) is 4.63 Å². The van der Waals surface area contributed by atoms with E-state index in [1.807, 2.05) is 24.4 Å². The third kappa shape index (κ3) is 1.25. The zero-order valence-corrected chi connectivity index (χ0v) is 8.82. The van der Waals surface area contributed by atoms with Crippen LogP contribution in [0.2, 0.25) is 5.02 Å². The molecule has 80 valence electrons. The quantitative estimate of drug-likeness (QED) is 0.678. The Morgan fingerprint density at radius 1 is 1.31 bits per heavy atom. The number of fused-ring (bicyclic) bond motifs is 1. The van der Waals surface area contributed by atoms with Crippen LogP contribution in [0.1, 0.15) is 0 Å². The Balaban J connectivity index is 2.30. The van der Waals surface area contributed by atoms with Gasteiger partial charge in [0.15, 0.2) is 11.5 Å². The molecule has 3 aromatic rings. The molecule has 0 bridgehead atoms. The van der Waals surface area contributed by atoms with E-state index in [-0.39, 0.29) is 5.82 Å². The molecule has 0 saturated heterocycles. The number of aromatic nitrogens is 3. The van der Waals surface area contributed by atoms with Gasteiger partial charge in [-0.05, 0) is 28.5 Å². The Bertz CT molecular complexity index is 658. The zero-order chi connectivity index (χ0) is 11.1. The first-order valence-electron chi connectivity index (χ1n) is 4.61. The Morgan fingerprint density at radius 2 is 2.19 bits per heavy atom. The zero-order valence-electron chi connectivity index (χ0n) is 8.07. The average molecular weight is 235 g/mol. The summed E-state index contributed by atoms with van der Waals surface area (Å²) in [6, 6.07) is 5.65. The molecule has 2 aromatic heterocycles. The van der Waals surface area contributed by atoms with Crippen LogP contribution in [0.25, 0.3) is 22.2 Å². The molecule has 2 heterocycles. The van der Waals surface area contributed by atoms with E-state index in [1.165, 1.54) is 0 Å². The maximum absolute atomic E-state index is 6.14. The molecule has 16 heavy (non-hydrogen) atoms. The van der Waals surface area contributed by atoms with E-state index in [9.17, 15) is 0 Å². The highest BCUT2D eigenvalue weighted by molar-refractivity contribution is 6.34. The number of aromatic amines is 1. The summed E-state index contributed by atoms with van der Waals surface area (Å²) in [4.78, 5) is 3.09. The van der Waals surface area contributed by atoms with Crippen molar-refractivity contribution in [3.63, 3.8) is 0 Å². The Labute approximate surface area is 95.2 Å². The lowest BCUT2D eigenvalue weighted by atomic mass is 10.1. The number of hydrogen-bond donors (Lipinski definition) is 2. The van der Waals surface area contributed by atoms with E-state index < -0.39 is 0 Å². The van der Waals surface area contributed by atoms with Gasteiger partial charge in [0.1, 0.15) is 0 Å². The van der Waals surface area contributed by atoms with Crippen molar-refractivity contribution in [3.8, 4) is 11.3 Å². The van der Waals surface area contributed by atoms with E-state index in [4.69, 9.17) is 17.3 Å². The third-order valence-electron chi connectivity index (χ3n) is 2.41. The molecule has 0 spiro atoms. The van der Waals surface area contributed by atoms with Crippen molar-refractivity contribution in [3.05, 3.63) is 29.4 Å². The third-order valence-corrected chi connectivity index (χ3v) is 2.72. The summed E-state index contributed by atoms with van der Waals surface area (Å²) >= 11 is 6.14. The van der Waals surface area contributed by atoms with Gasteiger partial charge in [0.25, 0.3) is 0 Å². The SMILES string of the molecule is Nc1nonc1-c1cc2[nH]ccc2cc1Cl. The molecule has 3 rings (SSSR count). The first kappa shape index (κ1) is 9.23. The summed E-state index contributed by atoms with van der Waals surface area (Å²) in [6.07, 6.45) is 1.84. The van der Waals surface area contributed by atoms with Crippen molar-refractivity contribution in [2.45, 2.75) is 0 Å². The number of nitrogens with two attached hydrogens (primary N) is 1. The monoisotopic (exact) mass is 234 g/mol. The molecule has 5 nitrogen and oxygen atoms in total. The van der Waals surface area contributed by atoms with Crippen LogP contribution in [0.4, 0.5) is 5.82 Å². The lowest BCUT2D eigenvalue weighted by molar-refractivity contribution is 0.310. The lowest BCUT2D eigenvalue weighted by Crippen LogP contribution is -1.89. The predicted octanol–water partition coefficient (Wildman–Crippen LogP) is 2.45. The standard InChI is InChI=1S/C10H7ClN4O/c11-7-3-5-1-2-13-8(5)4-6(7)9-10(12)15-16-14-9/h1-4,13H,(H2,12,15). The van der Waals surface area contributed by atoms with Crippen molar-refractivity contribution in [2.24, 2.45) is 0 Å². The van der Waals surface area contributed by atoms with E-state index in [1.54, 1.807) is 0 Å². The Kier molecular flexibility index (Phi) is 1.87. The summed E-state index contributed by atoms with van der Waals surface area (Å²) in [7, 11) is 0. The number of hydrogen-bond acceptors (Lipinski definition) is 4. The highest BCUT2D eigenvalue weighted by Crippen LogP contribution is 2.32. The molecule has 6 heteroatoms.